The summed E-state index contributed by atoms with van der Waals surface area (Å²) >= 11 is 0. The Morgan fingerprint density at radius 1 is 1.31 bits per heavy atom. The van der Waals surface area contributed by atoms with Crippen LogP contribution in [0.1, 0.15) is 11.1 Å². The molecule has 0 N–H and O–H groups in total. The first kappa shape index (κ1) is 9.75. The molecule has 0 fully saturated rings. The van der Waals surface area contributed by atoms with Crippen LogP contribution in [0.4, 0.5) is 0 Å². The van der Waals surface area contributed by atoms with E-state index in [2.05, 4.69) is 11.2 Å². The van der Waals surface area contributed by atoms with Gasteiger partial charge in [-0.2, -0.15) is 15.5 Å². The van der Waals surface area contributed by atoms with Gasteiger partial charge in [0.1, 0.15) is 6.07 Å². The van der Waals surface area contributed by atoms with Crippen molar-refractivity contribution in [2.24, 2.45) is 0 Å². The molecule has 1 aromatic carbocycles. The van der Waals surface area contributed by atoms with E-state index < -0.39 is 0 Å². The molecule has 1 aromatic heterocycles. The van der Waals surface area contributed by atoms with Crippen molar-refractivity contribution >= 4 is 0 Å². The van der Waals surface area contributed by atoms with E-state index in [-0.39, 0.29) is 11.8 Å². The quantitative estimate of drug-likeness (QED) is 0.756. The van der Waals surface area contributed by atoms with Crippen LogP contribution in [0.5, 0.6) is 11.8 Å². The topological polar surface area (TPSA) is 82.8 Å². The van der Waals surface area contributed by atoms with E-state index in [4.69, 9.17) is 19.7 Å². The van der Waals surface area contributed by atoms with Gasteiger partial charge in [-0.15, -0.1) is 0 Å². The summed E-state index contributed by atoms with van der Waals surface area (Å²) in [5.41, 5.74) is 0.696. The van der Waals surface area contributed by atoms with Crippen molar-refractivity contribution in [3.63, 3.8) is 0 Å². The molecule has 0 aliphatic carbocycles. The molecule has 1 radical (unpaired) electrons. The maximum Gasteiger partial charge on any atom is 0.399 e. The van der Waals surface area contributed by atoms with Gasteiger partial charge in [0.2, 0.25) is 0 Å². The second kappa shape index (κ2) is 4.16. The van der Waals surface area contributed by atoms with Gasteiger partial charge in [0, 0.05) is 6.07 Å². The molecule has 5 heteroatoms. The van der Waals surface area contributed by atoms with Gasteiger partial charge in [-0.25, -0.2) is 0 Å². The fourth-order valence-corrected chi connectivity index (χ4v) is 1.09. The normalized spacial score (nSPS) is 9.12. The van der Waals surface area contributed by atoms with Crippen molar-refractivity contribution in [3.05, 3.63) is 41.8 Å². The van der Waals surface area contributed by atoms with E-state index in [1.54, 1.807) is 0 Å². The minimum absolute atomic E-state index is 0.0217. The Hall–Kier alpha value is -2.79. The first-order valence-electron chi connectivity index (χ1n) is 4.27. The summed E-state index contributed by atoms with van der Waals surface area (Å²) in [6.45, 7) is 0. The number of hydrogen-bond donors (Lipinski definition) is 0. The zero-order valence-electron chi connectivity index (χ0n) is 7.97. The zero-order chi connectivity index (χ0) is 11.4. The summed E-state index contributed by atoms with van der Waals surface area (Å²) in [7, 11) is 0. The number of ether oxygens (including phenoxy) is 1. The van der Waals surface area contributed by atoms with Crippen LogP contribution >= 0.6 is 0 Å². The maximum absolute atomic E-state index is 8.84. The number of hydrogen-bond acceptors (Lipinski definition) is 5. The molecule has 2 rings (SSSR count). The molecule has 0 saturated heterocycles. The second-order valence-electron chi connectivity index (χ2n) is 2.78. The molecular weight excluding hydrogens is 206 g/mol. The Labute approximate surface area is 91.1 Å². The van der Waals surface area contributed by atoms with Gasteiger partial charge in [0.15, 0.2) is 12.0 Å². The van der Waals surface area contributed by atoms with Crippen LogP contribution in [-0.4, -0.2) is 4.98 Å². The minimum atomic E-state index is -0.0217. The van der Waals surface area contributed by atoms with E-state index in [9.17, 15) is 0 Å². The van der Waals surface area contributed by atoms with Gasteiger partial charge in [0.25, 0.3) is 0 Å². The van der Waals surface area contributed by atoms with Crippen molar-refractivity contribution < 1.29 is 9.15 Å². The molecule has 5 nitrogen and oxygen atoms in total. The number of oxazole rings is 1. The third-order valence-electron chi connectivity index (χ3n) is 1.80. The van der Waals surface area contributed by atoms with E-state index in [1.807, 2.05) is 12.1 Å². The Kier molecular flexibility index (Phi) is 2.53. The van der Waals surface area contributed by atoms with Gasteiger partial charge >= 0.3 is 6.08 Å². The van der Waals surface area contributed by atoms with Crippen molar-refractivity contribution in [1.29, 1.82) is 10.5 Å². The van der Waals surface area contributed by atoms with E-state index in [1.165, 1.54) is 24.4 Å². The lowest BCUT2D eigenvalue weighted by molar-refractivity contribution is 0.327. The molecule has 0 unspecified atom stereocenters. The maximum atomic E-state index is 8.84. The predicted molar refractivity (Wildman–Crippen MR) is 51.3 cm³/mol. The smallest absolute Gasteiger partial charge is 0.399 e. The summed E-state index contributed by atoms with van der Waals surface area (Å²) in [5.74, 6) is 0.234. The highest BCUT2D eigenvalue weighted by atomic mass is 16.6. The predicted octanol–water partition coefficient (Wildman–Crippen LogP) is 2.01. The molecule has 1 heterocycles. The van der Waals surface area contributed by atoms with Crippen LogP contribution in [0.2, 0.25) is 0 Å². The van der Waals surface area contributed by atoms with Gasteiger partial charge < -0.3 is 9.15 Å². The minimum Gasteiger partial charge on any atom is -0.410 e. The monoisotopic (exact) mass is 210 g/mol. The van der Waals surface area contributed by atoms with E-state index >= 15 is 0 Å². The van der Waals surface area contributed by atoms with Crippen LogP contribution in [0.15, 0.2) is 28.8 Å². The molecule has 75 valence electrons. The summed E-state index contributed by atoms with van der Waals surface area (Å²) in [4.78, 5) is 3.71. The third kappa shape index (κ3) is 1.84. The summed E-state index contributed by atoms with van der Waals surface area (Å²) in [6, 6.07) is 8.38. The summed E-state index contributed by atoms with van der Waals surface area (Å²) in [5, 5.41) is 17.6. The van der Waals surface area contributed by atoms with Crippen molar-refractivity contribution in [2.45, 2.75) is 0 Å². The van der Waals surface area contributed by atoms with Crippen LogP contribution in [0, 0.1) is 28.9 Å². The molecule has 0 saturated carbocycles. The number of nitrogens with zero attached hydrogens (tertiary/aromatic N) is 3. The first-order valence-corrected chi connectivity index (χ1v) is 4.27. The third-order valence-corrected chi connectivity index (χ3v) is 1.80. The zero-order valence-corrected chi connectivity index (χ0v) is 7.97. The summed E-state index contributed by atoms with van der Waals surface area (Å²) < 4.78 is 9.96. The fraction of sp³-hybridized carbons (Fsp3) is 0. The molecule has 0 aliphatic heterocycles. The Balaban J connectivity index is 2.39. The van der Waals surface area contributed by atoms with Crippen LogP contribution in [0.3, 0.4) is 0 Å². The first-order chi connectivity index (χ1) is 7.83. The average molecular weight is 210 g/mol. The Morgan fingerprint density at radius 2 is 2.19 bits per heavy atom. The summed E-state index contributed by atoms with van der Waals surface area (Å²) in [6.07, 6.45) is 3.64. The van der Waals surface area contributed by atoms with Crippen molar-refractivity contribution in [3.8, 4) is 24.0 Å². The SMILES string of the molecule is N#Cc1ccc(C#N)c(Oc2nc[c]o2)c1. The average Bonchev–Trinajstić information content (AvgIpc) is 2.82. The van der Waals surface area contributed by atoms with Crippen LogP contribution in [0.25, 0.3) is 0 Å². The number of aromatic nitrogens is 1. The van der Waals surface area contributed by atoms with Crippen molar-refractivity contribution in [1.82, 2.24) is 4.98 Å². The van der Waals surface area contributed by atoms with E-state index in [0.717, 1.165) is 0 Å². The Bertz CT molecular complexity index is 576. The highest BCUT2D eigenvalue weighted by Crippen LogP contribution is 2.24. The van der Waals surface area contributed by atoms with Crippen LogP contribution < -0.4 is 4.74 Å². The van der Waals surface area contributed by atoms with Gasteiger partial charge in [-0.3, -0.25) is 0 Å². The number of nitriles is 2. The van der Waals surface area contributed by atoms with Gasteiger partial charge in [0.05, 0.1) is 23.4 Å². The molecule has 0 amide bonds. The number of benzene rings is 1. The highest BCUT2D eigenvalue weighted by molar-refractivity contribution is 5.49. The lowest BCUT2D eigenvalue weighted by Gasteiger charge is -2.02. The molecule has 0 bridgehead atoms. The molecule has 16 heavy (non-hydrogen) atoms. The molecule has 0 aliphatic rings. The number of rotatable bonds is 2. The lowest BCUT2D eigenvalue weighted by Crippen LogP contribution is -1.89. The second-order valence-corrected chi connectivity index (χ2v) is 2.78. The molecule has 0 atom stereocenters. The van der Waals surface area contributed by atoms with Gasteiger partial charge in [-0.05, 0) is 12.1 Å². The van der Waals surface area contributed by atoms with E-state index in [0.29, 0.717) is 11.1 Å². The highest BCUT2D eigenvalue weighted by Gasteiger charge is 2.08. The van der Waals surface area contributed by atoms with Crippen LogP contribution in [-0.2, 0) is 0 Å². The largest absolute Gasteiger partial charge is 0.410 e. The van der Waals surface area contributed by atoms with Gasteiger partial charge in [-0.1, -0.05) is 0 Å². The van der Waals surface area contributed by atoms with Crippen molar-refractivity contribution in [2.75, 3.05) is 0 Å². The molecule has 2 aromatic rings. The Morgan fingerprint density at radius 3 is 2.81 bits per heavy atom. The fourth-order valence-electron chi connectivity index (χ4n) is 1.09. The molecular formula is C11H4N3O2. The standard InChI is InChI=1S/C11H4N3O2/c12-6-8-1-2-9(7-13)10(5-8)16-11-14-3-4-15-11/h1-3,5H. The lowest BCUT2D eigenvalue weighted by atomic mass is 10.1. The molecule has 0 spiro atoms.